The largest absolute Gasteiger partial charge is 0.491 e. The smallest absolute Gasteiger partial charge is 0.165 e. The average molecular weight is 268 g/mol. The summed E-state index contributed by atoms with van der Waals surface area (Å²) >= 11 is 0. The number of ether oxygens (including phenoxy) is 1. The van der Waals surface area contributed by atoms with Crippen LogP contribution in [-0.2, 0) is 0 Å². The van der Waals surface area contributed by atoms with E-state index in [4.69, 9.17) is 4.74 Å². The first-order valence-corrected chi connectivity index (χ1v) is 6.40. The van der Waals surface area contributed by atoms with Crippen LogP contribution in [0, 0.1) is 5.82 Å². The van der Waals surface area contributed by atoms with Crippen LogP contribution < -0.4 is 4.74 Å². The standard InChI is InChI=1S/C16H13FN2O/c1-2-20-16-6-4-12(8-14(16)17)11-3-5-15-13(7-11)9-18-10-19-15/h3-10H,2H2,1H3. The van der Waals surface area contributed by atoms with E-state index in [2.05, 4.69) is 9.97 Å². The van der Waals surface area contributed by atoms with Crippen LogP contribution in [-0.4, -0.2) is 16.6 Å². The molecule has 0 saturated carbocycles. The third-order valence-electron chi connectivity index (χ3n) is 3.07. The van der Waals surface area contributed by atoms with Gasteiger partial charge in [0.2, 0.25) is 0 Å². The lowest BCUT2D eigenvalue weighted by molar-refractivity contribution is 0.321. The van der Waals surface area contributed by atoms with E-state index >= 15 is 0 Å². The molecule has 0 atom stereocenters. The molecule has 0 N–H and O–H groups in total. The van der Waals surface area contributed by atoms with Gasteiger partial charge in [-0.3, -0.25) is 0 Å². The van der Waals surface area contributed by atoms with Gasteiger partial charge in [0, 0.05) is 11.6 Å². The summed E-state index contributed by atoms with van der Waals surface area (Å²) in [5.41, 5.74) is 2.60. The quantitative estimate of drug-likeness (QED) is 0.724. The third kappa shape index (κ3) is 2.32. The predicted molar refractivity (Wildman–Crippen MR) is 76.1 cm³/mol. The lowest BCUT2D eigenvalue weighted by Gasteiger charge is -2.07. The van der Waals surface area contributed by atoms with Gasteiger partial charge in [0.1, 0.15) is 6.33 Å². The molecule has 3 aromatic rings. The maximum Gasteiger partial charge on any atom is 0.165 e. The number of rotatable bonds is 3. The first kappa shape index (κ1) is 12.5. The number of nitrogens with zero attached hydrogens (tertiary/aromatic N) is 2. The van der Waals surface area contributed by atoms with Gasteiger partial charge in [-0.05, 0) is 42.3 Å². The van der Waals surface area contributed by atoms with Crippen molar-refractivity contribution in [3.8, 4) is 16.9 Å². The van der Waals surface area contributed by atoms with Crippen LogP contribution in [0.4, 0.5) is 4.39 Å². The highest BCUT2D eigenvalue weighted by atomic mass is 19.1. The Bertz CT molecular complexity index is 758. The van der Waals surface area contributed by atoms with Crippen molar-refractivity contribution in [3.63, 3.8) is 0 Å². The van der Waals surface area contributed by atoms with Crippen molar-refractivity contribution in [2.75, 3.05) is 6.61 Å². The van der Waals surface area contributed by atoms with Gasteiger partial charge in [-0.15, -0.1) is 0 Å². The summed E-state index contributed by atoms with van der Waals surface area (Å²) in [4.78, 5) is 8.17. The van der Waals surface area contributed by atoms with Gasteiger partial charge < -0.3 is 4.74 Å². The summed E-state index contributed by atoms with van der Waals surface area (Å²) in [5, 5.41) is 0.930. The molecule has 0 radical (unpaired) electrons. The van der Waals surface area contributed by atoms with Crippen molar-refractivity contribution in [2.45, 2.75) is 6.92 Å². The van der Waals surface area contributed by atoms with Gasteiger partial charge in [-0.1, -0.05) is 12.1 Å². The van der Waals surface area contributed by atoms with E-state index in [0.29, 0.717) is 6.61 Å². The molecule has 0 saturated heterocycles. The zero-order valence-corrected chi connectivity index (χ0v) is 11.0. The molecule has 3 nitrogen and oxygen atoms in total. The van der Waals surface area contributed by atoms with Crippen molar-refractivity contribution in [1.29, 1.82) is 0 Å². The molecule has 4 heteroatoms. The van der Waals surface area contributed by atoms with Gasteiger partial charge in [0.15, 0.2) is 11.6 Å². The predicted octanol–water partition coefficient (Wildman–Crippen LogP) is 3.83. The molecule has 100 valence electrons. The Hall–Kier alpha value is -2.49. The summed E-state index contributed by atoms with van der Waals surface area (Å²) in [6, 6.07) is 10.8. The topological polar surface area (TPSA) is 35.0 Å². The summed E-state index contributed by atoms with van der Waals surface area (Å²) in [5.74, 6) is -0.0749. The highest BCUT2D eigenvalue weighted by molar-refractivity contribution is 5.83. The van der Waals surface area contributed by atoms with Crippen LogP contribution in [0.2, 0.25) is 0 Å². The molecule has 3 rings (SSSR count). The Morgan fingerprint density at radius 3 is 2.70 bits per heavy atom. The van der Waals surface area contributed by atoms with E-state index in [9.17, 15) is 4.39 Å². The summed E-state index contributed by atoms with van der Waals surface area (Å²) in [6.45, 7) is 2.28. The number of halogens is 1. The SMILES string of the molecule is CCOc1ccc(-c2ccc3ncncc3c2)cc1F. The number of benzene rings is 2. The van der Waals surface area contributed by atoms with Gasteiger partial charge in [-0.25, -0.2) is 14.4 Å². The maximum atomic E-state index is 13.9. The number of fused-ring (bicyclic) bond motifs is 1. The molecular formula is C16H13FN2O. The molecule has 0 unspecified atom stereocenters. The van der Waals surface area contributed by atoms with Gasteiger partial charge in [-0.2, -0.15) is 0 Å². The Balaban J connectivity index is 2.04. The monoisotopic (exact) mass is 268 g/mol. The van der Waals surface area contributed by atoms with Crippen LogP contribution in [0.15, 0.2) is 48.9 Å². The fraction of sp³-hybridized carbons (Fsp3) is 0.125. The Kier molecular flexibility index (Phi) is 3.29. The van der Waals surface area contributed by atoms with Crippen LogP contribution in [0.25, 0.3) is 22.0 Å². The highest BCUT2D eigenvalue weighted by Gasteiger charge is 2.06. The molecule has 0 aliphatic carbocycles. The van der Waals surface area contributed by atoms with E-state index in [1.165, 1.54) is 12.4 Å². The Labute approximate surface area is 116 Å². The molecular weight excluding hydrogens is 255 g/mol. The summed E-state index contributed by atoms with van der Waals surface area (Å²) in [7, 11) is 0. The van der Waals surface area contributed by atoms with Crippen molar-refractivity contribution < 1.29 is 9.13 Å². The van der Waals surface area contributed by atoms with E-state index in [1.807, 2.05) is 31.2 Å². The zero-order valence-electron chi connectivity index (χ0n) is 11.0. The van der Waals surface area contributed by atoms with E-state index in [0.717, 1.165) is 22.0 Å². The fourth-order valence-electron chi connectivity index (χ4n) is 2.12. The highest BCUT2D eigenvalue weighted by Crippen LogP contribution is 2.27. The van der Waals surface area contributed by atoms with Crippen LogP contribution in [0.5, 0.6) is 5.75 Å². The molecule has 1 heterocycles. The van der Waals surface area contributed by atoms with Crippen molar-refractivity contribution >= 4 is 10.9 Å². The van der Waals surface area contributed by atoms with E-state index in [1.54, 1.807) is 12.3 Å². The molecule has 0 fully saturated rings. The van der Waals surface area contributed by atoms with Crippen molar-refractivity contribution in [1.82, 2.24) is 9.97 Å². The van der Waals surface area contributed by atoms with Gasteiger partial charge in [0.05, 0.1) is 12.1 Å². The molecule has 20 heavy (non-hydrogen) atoms. The second kappa shape index (κ2) is 5.25. The molecule has 0 aliphatic rings. The molecule has 0 spiro atoms. The van der Waals surface area contributed by atoms with E-state index in [-0.39, 0.29) is 11.6 Å². The lowest BCUT2D eigenvalue weighted by atomic mass is 10.0. The average Bonchev–Trinajstić information content (AvgIpc) is 2.49. The Morgan fingerprint density at radius 2 is 1.90 bits per heavy atom. The minimum absolute atomic E-state index is 0.278. The van der Waals surface area contributed by atoms with E-state index < -0.39 is 0 Å². The maximum absolute atomic E-state index is 13.9. The number of aromatic nitrogens is 2. The second-order valence-corrected chi connectivity index (χ2v) is 4.37. The first-order chi connectivity index (χ1) is 9.78. The summed E-state index contributed by atoms with van der Waals surface area (Å²) < 4.78 is 19.1. The van der Waals surface area contributed by atoms with Crippen LogP contribution in [0.3, 0.4) is 0 Å². The van der Waals surface area contributed by atoms with Crippen molar-refractivity contribution in [2.24, 2.45) is 0 Å². The third-order valence-corrected chi connectivity index (χ3v) is 3.07. The minimum Gasteiger partial charge on any atom is -0.491 e. The van der Waals surface area contributed by atoms with Gasteiger partial charge >= 0.3 is 0 Å². The molecule has 0 amide bonds. The molecule has 0 aliphatic heterocycles. The van der Waals surface area contributed by atoms with Crippen LogP contribution >= 0.6 is 0 Å². The van der Waals surface area contributed by atoms with Crippen molar-refractivity contribution in [3.05, 3.63) is 54.7 Å². The minimum atomic E-state index is -0.353. The second-order valence-electron chi connectivity index (χ2n) is 4.37. The fourth-order valence-corrected chi connectivity index (χ4v) is 2.12. The van der Waals surface area contributed by atoms with Gasteiger partial charge in [0.25, 0.3) is 0 Å². The van der Waals surface area contributed by atoms with Crippen LogP contribution in [0.1, 0.15) is 6.92 Å². The zero-order chi connectivity index (χ0) is 13.9. The normalized spacial score (nSPS) is 10.7. The lowest BCUT2D eigenvalue weighted by Crippen LogP contribution is -1.94. The molecule has 0 bridgehead atoms. The first-order valence-electron chi connectivity index (χ1n) is 6.40. The summed E-state index contributed by atoms with van der Waals surface area (Å²) in [6.07, 6.45) is 3.26. The number of hydrogen-bond acceptors (Lipinski definition) is 3. The molecule has 2 aromatic carbocycles. The number of hydrogen-bond donors (Lipinski definition) is 0. The Morgan fingerprint density at radius 1 is 1.10 bits per heavy atom. The molecule has 1 aromatic heterocycles.